The normalized spacial score (nSPS) is 16.1. The van der Waals surface area contributed by atoms with Crippen LogP contribution in [0.3, 0.4) is 0 Å². The van der Waals surface area contributed by atoms with Crippen molar-refractivity contribution in [2.75, 3.05) is 19.7 Å². The van der Waals surface area contributed by atoms with Gasteiger partial charge in [0.1, 0.15) is 0 Å². The van der Waals surface area contributed by atoms with Gasteiger partial charge in [-0.05, 0) is 32.0 Å². The fourth-order valence-corrected chi connectivity index (χ4v) is 2.77. The molecule has 3 heteroatoms. The highest BCUT2D eigenvalue weighted by atomic mass is 32.1. The Morgan fingerprint density at radius 2 is 2.19 bits per heavy atom. The van der Waals surface area contributed by atoms with E-state index in [1.54, 1.807) is 11.3 Å². The Bertz CT molecular complexity index is 382. The molecule has 1 aliphatic rings. The molecule has 0 spiro atoms. The summed E-state index contributed by atoms with van der Waals surface area (Å²) in [4.78, 5) is 3.90. The van der Waals surface area contributed by atoms with E-state index in [2.05, 4.69) is 28.2 Å². The van der Waals surface area contributed by atoms with E-state index in [4.69, 9.17) is 5.11 Å². The zero-order valence-corrected chi connectivity index (χ0v) is 10.2. The van der Waals surface area contributed by atoms with Crippen LogP contribution in [0.2, 0.25) is 0 Å². The summed E-state index contributed by atoms with van der Waals surface area (Å²) in [5.41, 5.74) is 1.09. The van der Waals surface area contributed by atoms with Gasteiger partial charge in [-0.3, -0.25) is 4.90 Å². The van der Waals surface area contributed by atoms with Crippen LogP contribution in [0.5, 0.6) is 0 Å². The summed E-state index contributed by atoms with van der Waals surface area (Å²) in [5.74, 6) is 6.02. The summed E-state index contributed by atoms with van der Waals surface area (Å²) < 4.78 is 0. The van der Waals surface area contributed by atoms with Crippen LogP contribution >= 0.6 is 11.3 Å². The quantitative estimate of drug-likeness (QED) is 0.811. The molecule has 0 atom stereocenters. The minimum Gasteiger partial charge on any atom is -0.395 e. The molecule has 1 aromatic heterocycles. The molecule has 0 unspecified atom stereocenters. The fraction of sp³-hybridized carbons (Fsp3) is 0.538. The molecule has 1 aromatic rings. The molecule has 0 aromatic carbocycles. The zero-order chi connectivity index (χ0) is 11.2. The molecule has 0 aliphatic carbocycles. The van der Waals surface area contributed by atoms with Gasteiger partial charge in [0.05, 0.1) is 6.61 Å². The fourth-order valence-electron chi connectivity index (χ4n) is 1.91. The van der Waals surface area contributed by atoms with E-state index >= 15 is 0 Å². The lowest BCUT2D eigenvalue weighted by Gasteiger charge is -2.12. The number of nitrogens with zero attached hydrogens (tertiary/aromatic N) is 1. The van der Waals surface area contributed by atoms with Gasteiger partial charge in [-0.1, -0.05) is 11.8 Å². The largest absolute Gasteiger partial charge is 0.395 e. The van der Waals surface area contributed by atoms with E-state index in [-0.39, 0.29) is 6.61 Å². The third kappa shape index (κ3) is 3.34. The van der Waals surface area contributed by atoms with E-state index in [1.807, 2.05) is 0 Å². The summed E-state index contributed by atoms with van der Waals surface area (Å²) in [7, 11) is 0. The number of hydrogen-bond acceptors (Lipinski definition) is 3. The van der Waals surface area contributed by atoms with Gasteiger partial charge >= 0.3 is 0 Å². The topological polar surface area (TPSA) is 23.5 Å². The molecule has 16 heavy (non-hydrogen) atoms. The van der Waals surface area contributed by atoms with Crippen molar-refractivity contribution in [1.82, 2.24) is 4.90 Å². The number of thiophene rings is 1. The minimum absolute atomic E-state index is 0.151. The molecule has 2 heterocycles. The first-order valence-electron chi connectivity index (χ1n) is 5.78. The third-order valence-corrected chi connectivity index (χ3v) is 3.62. The molecule has 0 bridgehead atoms. The van der Waals surface area contributed by atoms with E-state index in [9.17, 15) is 0 Å². The molecule has 1 saturated heterocycles. The Kier molecular flexibility index (Phi) is 4.41. The Balaban J connectivity index is 1.89. The van der Waals surface area contributed by atoms with Crippen molar-refractivity contribution < 1.29 is 5.11 Å². The van der Waals surface area contributed by atoms with Crippen molar-refractivity contribution in [3.05, 3.63) is 21.9 Å². The number of hydrogen-bond donors (Lipinski definition) is 1. The van der Waals surface area contributed by atoms with Crippen molar-refractivity contribution in [2.45, 2.75) is 25.8 Å². The van der Waals surface area contributed by atoms with Gasteiger partial charge in [-0.15, -0.1) is 11.3 Å². The van der Waals surface area contributed by atoms with Gasteiger partial charge in [0, 0.05) is 28.8 Å². The molecule has 86 valence electrons. The number of aliphatic hydroxyl groups excluding tert-OH is 1. The van der Waals surface area contributed by atoms with Crippen LogP contribution in [0.15, 0.2) is 11.4 Å². The van der Waals surface area contributed by atoms with Gasteiger partial charge in [0.15, 0.2) is 0 Å². The van der Waals surface area contributed by atoms with Crippen molar-refractivity contribution in [3.8, 4) is 11.8 Å². The maximum absolute atomic E-state index is 8.63. The van der Waals surface area contributed by atoms with Crippen LogP contribution in [-0.4, -0.2) is 29.7 Å². The predicted octanol–water partition coefficient (Wildman–Crippen LogP) is 2.08. The SMILES string of the molecule is OCCC#Cc1csc(CN2CCCC2)c1. The second kappa shape index (κ2) is 6.05. The molecule has 0 amide bonds. The van der Waals surface area contributed by atoms with Gasteiger partial charge in [0.25, 0.3) is 0 Å². The van der Waals surface area contributed by atoms with Crippen LogP contribution in [0.25, 0.3) is 0 Å². The summed E-state index contributed by atoms with van der Waals surface area (Å²) >= 11 is 1.79. The summed E-state index contributed by atoms with van der Waals surface area (Å²) in [6, 6.07) is 2.17. The highest BCUT2D eigenvalue weighted by Crippen LogP contribution is 2.18. The monoisotopic (exact) mass is 235 g/mol. The molecule has 1 fully saturated rings. The van der Waals surface area contributed by atoms with Gasteiger partial charge in [-0.2, -0.15) is 0 Å². The first-order chi connectivity index (χ1) is 7.88. The maximum Gasteiger partial charge on any atom is 0.0540 e. The van der Waals surface area contributed by atoms with E-state index in [0.29, 0.717) is 6.42 Å². The van der Waals surface area contributed by atoms with Crippen molar-refractivity contribution in [3.63, 3.8) is 0 Å². The minimum atomic E-state index is 0.151. The molecule has 0 radical (unpaired) electrons. The average molecular weight is 235 g/mol. The van der Waals surface area contributed by atoms with Crippen LogP contribution < -0.4 is 0 Å². The van der Waals surface area contributed by atoms with E-state index < -0.39 is 0 Å². The first-order valence-corrected chi connectivity index (χ1v) is 6.66. The molecular weight excluding hydrogens is 218 g/mol. The second-order valence-electron chi connectivity index (χ2n) is 4.06. The highest BCUT2D eigenvalue weighted by Gasteiger charge is 2.12. The third-order valence-electron chi connectivity index (χ3n) is 2.70. The van der Waals surface area contributed by atoms with Crippen molar-refractivity contribution in [2.24, 2.45) is 0 Å². The molecule has 2 nitrogen and oxygen atoms in total. The summed E-state index contributed by atoms with van der Waals surface area (Å²) in [5, 5.41) is 10.7. The number of aliphatic hydroxyl groups is 1. The number of likely N-dealkylation sites (tertiary alicyclic amines) is 1. The average Bonchev–Trinajstić information content (AvgIpc) is 2.91. The van der Waals surface area contributed by atoms with Crippen LogP contribution in [-0.2, 0) is 6.54 Å². The highest BCUT2D eigenvalue weighted by molar-refractivity contribution is 7.10. The van der Waals surface area contributed by atoms with Gasteiger partial charge in [0.2, 0.25) is 0 Å². The maximum atomic E-state index is 8.63. The summed E-state index contributed by atoms with van der Waals surface area (Å²) in [6.45, 7) is 3.71. The Hall–Kier alpha value is -0.820. The van der Waals surface area contributed by atoms with Gasteiger partial charge < -0.3 is 5.11 Å². The molecular formula is C13H17NOS. The lowest BCUT2D eigenvalue weighted by molar-refractivity contribution is 0.305. The second-order valence-corrected chi connectivity index (χ2v) is 5.06. The lowest BCUT2D eigenvalue weighted by atomic mass is 10.3. The van der Waals surface area contributed by atoms with Crippen LogP contribution in [0.1, 0.15) is 29.7 Å². The van der Waals surface area contributed by atoms with Gasteiger partial charge in [-0.25, -0.2) is 0 Å². The van der Waals surface area contributed by atoms with Crippen LogP contribution in [0.4, 0.5) is 0 Å². The van der Waals surface area contributed by atoms with Crippen LogP contribution in [0, 0.1) is 11.8 Å². The molecule has 2 rings (SSSR count). The number of rotatable bonds is 3. The molecule has 0 saturated carbocycles. The predicted molar refractivity (Wildman–Crippen MR) is 67.4 cm³/mol. The standard InChI is InChI=1S/C13H17NOS/c15-8-4-1-5-12-9-13(16-11-12)10-14-6-2-3-7-14/h9,11,15H,2-4,6-8,10H2. The zero-order valence-electron chi connectivity index (χ0n) is 9.41. The first kappa shape index (κ1) is 11.7. The van der Waals surface area contributed by atoms with Crippen molar-refractivity contribution in [1.29, 1.82) is 0 Å². The Labute approximate surface area is 101 Å². The molecule has 1 N–H and O–H groups in total. The molecule has 1 aliphatic heterocycles. The van der Waals surface area contributed by atoms with E-state index in [0.717, 1.165) is 12.1 Å². The smallest absolute Gasteiger partial charge is 0.0540 e. The Morgan fingerprint density at radius 3 is 2.94 bits per heavy atom. The van der Waals surface area contributed by atoms with Crippen molar-refractivity contribution >= 4 is 11.3 Å². The Morgan fingerprint density at radius 1 is 1.38 bits per heavy atom. The summed E-state index contributed by atoms with van der Waals surface area (Å²) in [6.07, 6.45) is 3.25. The lowest BCUT2D eigenvalue weighted by Crippen LogP contribution is -2.17. The van der Waals surface area contributed by atoms with E-state index in [1.165, 1.54) is 30.8 Å².